The van der Waals surface area contributed by atoms with Gasteiger partial charge < -0.3 is 49.3 Å². The van der Waals surface area contributed by atoms with Crippen molar-refractivity contribution in [3.63, 3.8) is 0 Å². The van der Waals surface area contributed by atoms with Crippen LogP contribution in [0.3, 0.4) is 0 Å². The highest BCUT2D eigenvalue weighted by molar-refractivity contribution is 5.89. The summed E-state index contributed by atoms with van der Waals surface area (Å²) in [6.07, 6.45) is 3.13. The Kier molecular flexibility index (Phi) is 13.7. The minimum absolute atomic E-state index is 0.209. The maximum absolute atomic E-state index is 13.9. The van der Waals surface area contributed by atoms with Crippen LogP contribution >= 0.6 is 0 Å². The molecular formula is C53H62N8O8. The molecule has 2 saturated heterocycles. The minimum atomic E-state index is -0.905. The average molecular weight is 939 g/mol. The van der Waals surface area contributed by atoms with Crippen LogP contribution in [0.5, 0.6) is 0 Å². The fraction of sp³-hybridized carbons (Fsp3) is 0.434. The Bertz CT molecular complexity index is 2890. The fourth-order valence-electron chi connectivity index (χ4n) is 10.4. The lowest BCUT2D eigenvalue weighted by Gasteiger charge is -2.30. The first-order chi connectivity index (χ1) is 33.4. The molecule has 0 saturated carbocycles. The van der Waals surface area contributed by atoms with Gasteiger partial charge in [0, 0.05) is 27.3 Å². The van der Waals surface area contributed by atoms with E-state index in [1.54, 1.807) is 23.6 Å². The van der Waals surface area contributed by atoms with Crippen LogP contribution in [-0.4, -0.2) is 120 Å². The first-order valence-corrected chi connectivity index (χ1v) is 24.0. The molecule has 0 unspecified atom stereocenters. The van der Waals surface area contributed by atoms with Gasteiger partial charge in [-0.2, -0.15) is 0 Å². The number of aromatic amines is 2. The van der Waals surface area contributed by atoms with Crippen molar-refractivity contribution < 1.29 is 38.1 Å². The quantitative estimate of drug-likeness (QED) is 0.0933. The normalized spacial score (nSPS) is 19.8. The van der Waals surface area contributed by atoms with E-state index in [0.717, 1.165) is 89.8 Å². The van der Waals surface area contributed by atoms with Gasteiger partial charge in [0.15, 0.2) is 0 Å². The number of imidazole rings is 2. The van der Waals surface area contributed by atoms with Gasteiger partial charge in [-0.15, -0.1) is 0 Å². The molecule has 16 heteroatoms. The smallest absolute Gasteiger partial charge is 0.407 e. The third kappa shape index (κ3) is 9.51. The molecule has 7 atom stereocenters. The van der Waals surface area contributed by atoms with Gasteiger partial charge in [-0.1, -0.05) is 55.5 Å². The Morgan fingerprint density at radius 3 is 1.65 bits per heavy atom. The number of amides is 4. The van der Waals surface area contributed by atoms with E-state index in [-0.39, 0.29) is 29.8 Å². The van der Waals surface area contributed by atoms with Crippen molar-refractivity contribution in [1.82, 2.24) is 40.4 Å². The number of aromatic nitrogens is 4. The number of carbonyl (C=O) groups is 4. The summed E-state index contributed by atoms with van der Waals surface area (Å²) in [6, 6.07) is 24.2. The zero-order valence-corrected chi connectivity index (χ0v) is 40.4. The molecule has 6 aliphatic rings. The monoisotopic (exact) mass is 938 g/mol. The number of hydrogen-bond acceptors (Lipinski definition) is 10. The topological polar surface area (TPSA) is 193 Å². The van der Waals surface area contributed by atoms with Crippen molar-refractivity contribution >= 4 is 46.1 Å². The first kappa shape index (κ1) is 47.3. The molecule has 69 heavy (non-hydrogen) atoms. The van der Waals surface area contributed by atoms with Gasteiger partial charge in [0.1, 0.15) is 23.7 Å². The molecule has 0 radical (unpaired) electrons. The number of likely N-dealkylation sites (tertiary alicyclic amines) is 2. The number of nitrogens with zero attached hydrogens (tertiary/aromatic N) is 4. The van der Waals surface area contributed by atoms with Crippen molar-refractivity contribution in [1.29, 1.82) is 0 Å². The number of H-pyrrole nitrogens is 2. The molecule has 2 aromatic heterocycles. The SMILES string of the molecule is COC(=O)N[C@H](C(=O)N1CCC[C@H]1c1nc2ccc(-c3cc4ccc3CCc3ccc(c(-c5ccc6nc([C@@H]7CCCN7C(=O)[C@@H](NC(=O)OC)[C@@H](C)OC)[nH]c6c5)c3)C[C@H]4C)cc2[nH]1)[C@@H](C)OC. The summed E-state index contributed by atoms with van der Waals surface area (Å²) in [5, 5.41) is 5.33. The highest BCUT2D eigenvalue weighted by Crippen LogP contribution is 2.39. The van der Waals surface area contributed by atoms with Gasteiger partial charge in [0.05, 0.1) is 60.6 Å². The largest absolute Gasteiger partial charge is 0.453 e. The second-order valence-electron chi connectivity index (χ2n) is 18.7. The lowest BCUT2D eigenvalue weighted by atomic mass is 9.84. The number of benzene rings is 4. The Hall–Kier alpha value is -6.78. The van der Waals surface area contributed by atoms with Crippen LogP contribution in [0, 0.1) is 0 Å². The number of aryl methyl sites for hydroxylation is 2. The Labute approximate surface area is 401 Å². The molecule has 4 N–H and O–H groups in total. The summed E-state index contributed by atoms with van der Waals surface area (Å²) in [5.74, 6) is 1.17. The van der Waals surface area contributed by atoms with Crippen LogP contribution in [-0.2, 0) is 47.8 Å². The molecule has 4 aliphatic carbocycles. The van der Waals surface area contributed by atoms with Gasteiger partial charge in [-0.3, -0.25) is 9.59 Å². The summed E-state index contributed by atoms with van der Waals surface area (Å²) in [7, 11) is 5.57. The molecule has 0 spiro atoms. The number of methoxy groups -OCH3 is 4. The van der Waals surface area contributed by atoms with Gasteiger partial charge in [-0.25, -0.2) is 19.6 Å². The second kappa shape index (κ2) is 20.1. The van der Waals surface area contributed by atoms with Crippen molar-refractivity contribution in [3.05, 3.63) is 107 Å². The van der Waals surface area contributed by atoms with Crippen molar-refractivity contribution in [3.8, 4) is 22.3 Å². The highest BCUT2D eigenvalue weighted by atomic mass is 16.5. The van der Waals surface area contributed by atoms with E-state index < -0.39 is 36.5 Å². The minimum Gasteiger partial charge on any atom is -0.453 e. The van der Waals surface area contributed by atoms with E-state index >= 15 is 0 Å². The number of nitrogens with one attached hydrogen (secondary N) is 4. The molecule has 16 nitrogen and oxygen atoms in total. The van der Waals surface area contributed by atoms with E-state index in [9.17, 15) is 19.2 Å². The van der Waals surface area contributed by atoms with Crippen molar-refractivity contribution in [2.75, 3.05) is 41.5 Å². The lowest BCUT2D eigenvalue weighted by molar-refractivity contribution is -0.138. The van der Waals surface area contributed by atoms with E-state index in [0.29, 0.717) is 13.1 Å². The third-order valence-electron chi connectivity index (χ3n) is 14.5. The molecule has 6 aromatic rings. The van der Waals surface area contributed by atoms with Gasteiger partial charge >= 0.3 is 12.2 Å². The molecule has 362 valence electrons. The standard InChI is InChI=1S/C53H62N8O8/c1-29-24-35-15-13-32(25-38(35)36-18-20-40-42(27-36)56-48(54-40)44-10-8-22-60(44)50(62)46(30(2)66-4)58-52(64)68-6)12-14-33-16-17-34(29)26-39(33)37-19-21-41-43(28-37)57-49(55-41)45-11-9-23-61(45)51(63)47(31(3)67-5)59-53(65)69-7/h13,15-21,25-31,44-47H,8-12,14,22-24H2,1-7H3,(H,54,56)(H,55,57)(H,58,64)(H,59,65)/t29-,30-,31-,44+,45+,46+,47+/m1/s1. The van der Waals surface area contributed by atoms with E-state index in [1.165, 1.54) is 61.8 Å². The Morgan fingerprint density at radius 2 is 1.14 bits per heavy atom. The number of rotatable bonds is 12. The number of ether oxygens (including phenoxy) is 4. The summed E-state index contributed by atoms with van der Waals surface area (Å²) in [6.45, 7) is 6.88. The number of carbonyl (C=O) groups excluding carboxylic acids is 4. The second-order valence-corrected chi connectivity index (χ2v) is 18.7. The van der Waals surface area contributed by atoms with E-state index in [1.807, 2.05) is 0 Å². The molecule has 4 aromatic carbocycles. The van der Waals surface area contributed by atoms with Crippen LogP contribution in [0.1, 0.15) is 98.4 Å². The maximum atomic E-state index is 13.9. The van der Waals surface area contributed by atoms with Gasteiger partial charge in [-0.05, 0) is 133 Å². The van der Waals surface area contributed by atoms with Crippen LogP contribution in [0.25, 0.3) is 44.3 Å². The van der Waals surface area contributed by atoms with E-state index in [4.69, 9.17) is 28.9 Å². The molecular weight excluding hydrogens is 877 g/mol. The summed E-state index contributed by atoms with van der Waals surface area (Å²) < 4.78 is 20.6. The first-order valence-electron chi connectivity index (χ1n) is 24.0. The van der Waals surface area contributed by atoms with Crippen LogP contribution < -0.4 is 10.6 Å². The molecule has 4 heterocycles. The molecule has 2 aliphatic heterocycles. The zero-order chi connectivity index (χ0) is 48.5. The molecule has 12 rings (SSSR count). The average Bonchev–Trinajstić information content (AvgIpc) is 4.21. The lowest BCUT2D eigenvalue weighted by Crippen LogP contribution is -2.54. The summed E-state index contributed by atoms with van der Waals surface area (Å²) in [5.41, 5.74) is 13.1. The van der Waals surface area contributed by atoms with Gasteiger partial charge in [0.2, 0.25) is 11.8 Å². The number of hydrogen-bond donors (Lipinski definition) is 4. The summed E-state index contributed by atoms with van der Waals surface area (Å²) >= 11 is 0. The van der Waals surface area contributed by atoms with Crippen LogP contribution in [0.15, 0.2) is 72.8 Å². The number of alkyl carbamates (subject to hydrolysis) is 2. The number of fused-ring (bicyclic) bond motifs is 2. The summed E-state index contributed by atoms with van der Waals surface area (Å²) in [4.78, 5) is 72.9. The Morgan fingerprint density at radius 1 is 0.638 bits per heavy atom. The molecule has 4 amide bonds. The van der Waals surface area contributed by atoms with Crippen LogP contribution in [0.4, 0.5) is 9.59 Å². The van der Waals surface area contributed by atoms with E-state index in [2.05, 4.69) is 100 Å². The molecule has 4 bridgehead atoms. The highest BCUT2D eigenvalue weighted by Gasteiger charge is 2.40. The predicted molar refractivity (Wildman–Crippen MR) is 262 cm³/mol. The zero-order valence-electron chi connectivity index (χ0n) is 40.4. The van der Waals surface area contributed by atoms with Crippen molar-refractivity contribution in [2.45, 2.75) is 108 Å². The van der Waals surface area contributed by atoms with Crippen molar-refractivity contribution in [2.24, 2.45) is 0 Å². The fourth-order valence-corrected chi connectivity index (χ4v) is 10.4. The Balaban J connectivity index is 0.956. The van der Waals surface area contributed by atoms with Crippen LogP contribution in [0.2, 0.25) is 0 Å². The third-order valence-corrected chi connectivity index (χ3v) is 14.5. The predicted octanol–water partition coefficient (Wildman–Crippen LogP) is 8.06. The maximum Gasteiger partial charge on any atom is 0.407 e. The molecule has 2 fully saturated rings. The van der Waals surface area contributed by atoms with Gasteiger partial charge in [0.25, 0.3) is 0 Å².